The number of rotatable bonds is 8. The van der Waals surface area contributed by atoms with Gasteiger partial charge in [-0.1, -0.05) is 36.8 Å². The minimum absolute atomic E-state index is 0.0199. The number of hydrogen-bond acceptors (Lipinski definition) is 3. The van der Waals surface area contributed by atoms with Crippen LogP contribution in [0, 0.1) is 11.3 Å². The van der Waals surface area contributed by atoms with E-state index in [1.807, 2.05) is 18.2 Å². The molecule has 0 saturated heterocycles. The average Bonchev–Trinajstić information content (AvgIpc) is 2.34. The Kier molecular flexibility index (Phi) is 6.40. The minimum Gasteiger partial charge on any atom is -0.215 e. The number of unbranched alkanes of at least 4 members (excludes halogenated alkanes) is 3. The fourth-order valence-corrected chi connectivity index (χ4v) is 2.77. The topological polar surface area (TPSA) is 70.0 Å². The minimum atomic E-state index is -3.24. The fraction of sp³-hybridized carbons (Fsp3) is 0.462. The molecule has 0 aliphatic carbocycles. The lowest BCUT2D eigenvalue weighted by molar-refractivity contribution is 0.574. The van der Waals surface area contributed by atoms with Crippen LogP contribution in [-0.4, -0.2) is 15.0 Å². The molecule has 0 unspecified atom stereocenters. The summed E-state index contributed by atoms with van der Waals surface area (Å²) in [6.45, 7) is 0.445. The molecule has 0 spiro atoms. The molecule has 1 aromatic carbocycles. The summed E-state index contributed by atoms with van der Waals surface area (Å²) in [6, 6.07) is 11.2. The Morgan fingerprint density at radius 1 is 1.11 bits per heavy atom. The van der Waals surface area contributed by atoms with E-state index in [0.717, 1.165) is 24.8 Å². The Balaban J connectivity index is 2.26. The molecule has 0 aromatic heterocycles. The lowest BCUT2D eigenvalue weighted by Gasteiger charge is -2.06. The van der Waals surface area contributed by atoms with Crippen LogP contribution in [0.25, 0.3) is 0 Å². The van der Waals surface area contributed by atoms with E-state index >= 15 is 0 Å². The molecule has 1 N–H and O–H groups in total. The lowest BCUT2D eigenvalue weighted by Crippen LogP contribution is -2.26. The fourth-order valence-electron chi connectivity index (χ4n) is 1.58. The summed E-state index contributed by atoms with van der Waals surface area (Å²) < 4.78 is 26.0. The van der Waals surface area contributed by atoms with Crippen LogP contribution in [0.2, 0.25) is 0 Å². The summed E-state index contributed by atoms with van der Waals surface area (Å²) >= 11 is 0. The van der Waals surface area contributed by atoms with Crippen molar-refractivity contribution in [3.8, 4) is 6.07 Å². The predicted octanol–water partition coefficient (Wildman–Crippen LogP) is 2.19. The summed E-state index contributed by atoms with van der Waals surface area (Å²) in [7, 11) is -3.24. The van der Waals surface area contributed by atoms with Crippen molar-refractivity contribution < 1.29 is 8.42 Å². The van der Waals surface area contributed by atoms with Gasteiger partial charge in [0, 0.05) is 13.0 Å². The maximum Gasteiger partial charge on any atom is 0.215 e. The van der Waals surface area contributed by atoms with E-state index in [0.29, 0.717) is 13.0 Å². The zero-order chi connectivity index (χ0) is 13.3. The first-order valence-corrected chi connectivity index (χ1v) is 7.67. The second kappa shape index (κ2) is 7.85. The van der Waals surface area contributed by atoms with E-state index in [1.165, 1.54) is 0 Å². The molecule has 1 aromatic rings. The molecule has 98 valence electrons. The summed E-state index contributed by atoms with van der Waals surface area (Å²) in [5, 5.41) is 8.35. The van der Waals surface area contributed by atoms with Crippen molar-refractivity contribution in [1.29, 1.82) is 5.26 Å². The quantitative estimate of drug-likeness (QED) is 0.733. The van der Waals surface area contributed by atoms with Crippen LogP contribution in [0.5, 0.6) is 0 Å². The first kappa shape index (κ1) is 14.7. The van der Waals surface area contributed by atoms with Crippen molar-refractivity contribution in [2.45, 2.75) is 31.4 Å². The number of hydrogen-bond donors (Lipinski definition) is 1. The maximum atomic E-state index is 11.7. The third-order valence-corrected chi connectivity index (χ3v) is 3.84. The Morgan fingerprint density at radius 2 is 1.83 bits per heavy atom. The van der Waals surface area contributed by atoms with Crippen LogP contribution in [0.4, 0.5) is 0 Å². The zero-order valence-corrected chi connectivity index (χ0v) is 11.1. The first-order valence-electron chi connectivity index (χ1n) is 6.02. The van der Waals surface area contributed by atoms with Crippen molar-refractivity contribution in [2.75, 3.05) is 6.54 Å². The Bertz CT molecular complexity index is 477. The second-order valence-corrected chi connectivity index (χ2v) is 5.91. The molecule has 0 radical (unpaired) electrons. The van der Waals surface area contributed by atoms with Crippen molar-refractivity contribution in [1.82, 2.24) is 4.72 Å². The second-order valence-electron chi connectivity index (χ2n) is 4.11. The summed E-state index contributed by atoms with van der Waals surface area (Å²) in [6.07, 6.45) is 3.02. The monoisotopic (exact) mass is 266 g/mol. The number of nitrogens with zero attached hydrogens (tertiary/aromatic N) is 1. The van der Waals surface area contributed by atoms with E-state index in [4.69, 9.17) is 5.26 Å². The van der Waals surface area contributed by atoms with Crippen LogP contribution < -0.4 is 4.72 Å². The normalized spacial score (nSPS) is 11.1. The predicted molar refractivity (Wildman–Crippen MR) is 71.1 cm³/mol. The van der Waals surface area contributed by atoms with Gasteiger partial charge in [0.2, 0.25) is 10.0 Å². The molecule has 5 heteroatoms. The zero-order valence-electron chi connectivity index (χ0n) is 10.3. The van der Waals surface area contributed by atoms with Gasteiger partial charge in [0.15, 0.2) is 0 Å². The molecule has 0 heterocycles. The van der Waals surface area contributed by atoms with Crippen LogP contribution in [0.15, 0.2) is 30.3 Å². The number of nitriles is 1. The van der Waals surface area contributed by atoms with Gasteiger partial charge in [-0.05, 0) is 18.4 Å². The van der Waals surface area contributed by atoms with Gasteiger partial charge in [-0.3, -0.25) is 0 Å². The van der Waals surface area contributed by atoms with Crippen LogP contribution in [0.1, 0.15) is 31.2 Å². The Labute approximate surface area is 109 Å². The molecule has 1 rings (SSSR count). The molecule has 18 heavy (non-hydrogen) atoms. The van der Waals surface area contributed by atoms with E-state index in [-0.39, 0.29) is 5.75 Å². The van der Waals surface area contributed by atoms with E-state index in [9.17, 15) is 8.42 Å². The van der Waals surface area contributed by atoms with Gasteiger partial charge in [0.05, 0.1) is 11.8 Å². The molecule has 0 fully saturated rings. The Hall–Kier alpha value is -1.38. The van der Waals surface area contributed by atoms with E-state index in [1.54, 1.807) is 12.1 Å². The van der Waals surface area contributed by atoms with Gasteiger partial charge in [-0.25, -0.2) is 13.1 Å². The SMILES string of the molecule is N#CCCCCCNS(=O)(=O)Cc1ccccc1. The molecule has 0 atom stereocenters. The molecular weight excluding hydrogens is 248 g/mol. The van der Waals surface area contributed by atoms with Gasteiger partial charge in [-0.2, -0.15) is 5.26 Å². The standard InChI is InChI=1S/C13H18N2O2S/c14-10-6-1-2-7-11-15-18(16,17)12-13-8-4-3-5-9-13/h3-5,8-9,15H,1-2,6-7,11-12H2. The number of sulfonamides is 1. The van der Waals surface area contributed by atoms with Crippen molar-refractivity contribution >= 4 is 10.0 Å². The Morgan fingerprint density at radius 3 is 2.50 bits per heavy atom. The molecular formula is C13H18N2O2S. The third-order valence-electron chi connectivity index (χ3n) is 2.49. The largest absolute Gasteiger partial charge is 0.215 e. The molecule has 4 nitrogen and oxygen atoms in total. The highest BCUT2D eigenvalue weighted by molar-refractivity contribution is 7.88. The number of benzene rings is 1. The van der Waals surface area contributed by atoms with Crippen molar-refractivity contribution in [3.05, 3.63) is 35.9 Å². The highest BCUT2D eigenvalue weighted by Crippen LogP contribution is 2.04. The summed E-state index contributed by atoms with van der Waals surface area (Å²) in [5.74, 6) is 0.0199. The third kappa shape index (κ3) is 6.38. The van der Waals surface area contributed by atoms with Gasteiger partial charge in [-0.15, -0.1) is 0 Å². The summed E-state index contributed by atoms with van der Waals surface area (Å²) in [4.78, 5) is 0. The van der Waals surface area contributed by atoms with Crippen molar-refractivity contribution in [3.63, 3.8) is 0 Å². The van der Waals surface area contributed by atoms with Crippen molar-refractivity contribution in [2.24, 2.45) is 0 Å². The van der Waals surface area contributed by atoms with Gasteiger partial charge >= 0.3 is 0 Å². The van der Waals surface area contributed by atoms with E-state index < -0.39 is 10.0 Å². The van der Waals surface area contributed by atoms with Gasteiger partial charge in [0.1, 0.15) is 0 Å². The van der Waals surface area contributed by atoms with Crippen LogP contribution in [0.3, 0.4) is 0 Å². The first-order chi connectivity index (χ1) is 8.64. The molecule has 0 aliphatic rings. The van der Waals surface area contributed by atoms with Crippen LogP contribution >= 0.6 is 0 Å². The average molecular weight is 266 g/mol. The molecule has 0 aliphatic heterocycles. The highest BCUT2D eigenvalue weighted by Gasteiger charge is 2.09. The smallest absolute Gasteiger partial charge is 0.215 e. The molecule has 0 saturated carbocycles. The lowest BCUT2D eigenvalue weighted by atomic mass is 10.2. The molecule has 0 amide bonds. The molecule has 0 bridgehead atoms. The summed E-state index contributed by atoms with van der Waals surface area (Å²) in [5.41, 5.74) is 0.787. The van der Waals surface area contributed by atoms with Crippen LogP contribution in [-0.2, 0) is 15.8 Å². The van der Waals surface area contributed by atoms with E-state index in [2.05, 4.69) is 10.8 Å². The highest BCUT2D eigenvalue weighted by atomic mass is 32.2. The van der Waals surface area contributed by atoms with Gasteiger partial charge < -0.3 is 0 Å². The number of nitrogens with one attached hydrogen (secondary N) is 1. The van der Waals surface area contributed by atoms with Gasteiger partial charge in [0.25, 0.3) is 0 Å². The maximum absolute atomic E-state index is 11.7.